The molecule has 8 heteroatoms. The molecule has 2 aliphatic rings. The Balaban J connectivity index is 1.28. The first-order valence-corrected chi connectivity index (χ1v) is 10.4. The maximum atomic E-state index is 12.8. The first-order chi connectivity index (χ1) is 14.7. The standard InChI is InChI=1S/C22H24F2N4O2/c23-21(24)12-28-10-6-16-19(28)2-1-3-20(16)30-15-4-8-27(9-5-15)22-17-13-29-11-7-18(17)25-14-26-22/h1-3,6,10,14-15,21H,4-5,7-9,11-13H2. The highest BCUT2D eigenvalue weighted by Gasteiger charge is 2.26. The maximum absolute atomic E-state index is 12.8. The number of alkyl halides is 2. The van der Waals surface area contributed by atoms with Crippen LogP contribution in [0.2, 0.25) is 0 Å². The van der Waals surface area contributed by atoms with Gasteiger partial charge in [0.2, 0.25) is 0 Å². The third-order valence-electron chi connectivity index (χ3n) is 5.89. The van der Waals surface area contributed by atoms with Crippen LogP contribution in [-0.2, 0) is 24.3 Å². The molecule has 158 valence electrons. The predicted molar refractivity (Wildman–Crippen MR) is 109 cm³/mol. The lowest BCUT2D eigenvalue weighted by Gasteiger charge is -2.34. The van der Waals surface area contributed by atoms with Crippen LogP contribution < -0.4 is 9.64 Å². The van der Waals surface area contributed by atoms with Gasteiger partial charge in [0, 0.05) is 49.5 Å². The number of benzene rings is 1. The van der Waals surface area contributed by atoms with Gasteiger partial charge in [-0.15, -0.1) is 0 Å². The number of aromatic nitrogens is 3. The summed E-state index contributed by atoms with van der Waals surface area (Å²) in [6, 6.07) is 7.49. The van der Waals surface area contributed by atoms with Crippen molar-refractivity contribution in [3.05, 3.63) is 48.0 Å². The van der Waals surface area contributed by atoms with Gasteiger partial charge in [-0.25, -0.2) is 18.7 Å². The molecule has 5 rings (SSSR count). The van der Waals surface area contributed by atoms with Crippen LogP contribution in [0.15, 0.2) is 36.8 Å². The van der Waals surface area contributed by atoms with E-state index in [1.807, 2.05) is 24.3 Å². The summed E-state index contributed by atoms with van der Waals surface area (Å²) in [5, 5.41) is 0.877. The topological polar surface area (TPSA) is 52.4 Å². The molecular weight excluding hydrogens is 390 g/mol. The molecule has 1 aromatic carbocycles. The number of rotatable bonds is 5. The van der Waals surface area contributed by atoms with E-state index in [4.69, 9.17) is 9.47 Å². The second kappa shape index (κ2) is 8.18. The van der Waals surface area contributed by atoms with Crippen molar-refractivity contribution in [3.63, 3.8) is 0 Å². The Kier molecular flexibility index (Phi) is 5.25. The smallest absolute Gasteiger partial charge is 0.256 e. The van der Waals surface area contributed by atoms with Crippen LogP contribution in [0.4, 0.5) is 14.6 Å². The van der Waals surface area contributed by atoms with Crippen molar-refractivity contribution >= 4 is 16.7 Å². The second-order valence-corrected chi connectivity index (χ2v) is 7.78. The van der Waals surface area contributed by atoms with Gasteiger partial charge in [-0.05, 0) is 18.2 Å². The zero-order valence-corrected chi connectivity index (χ0v) is 16.6. The van der Waals surface area contributed by atoms with Gasteiger partial charge in [-0.3, -0.25) is 0 Å². The van der Waals surface area contributed by atoms with Gasteiger partial charge in [0.1, 0.15) is 24.0 Å². The lowest BCUT2D eigenvalue weighted by atomic mass is 10.1. The van der Waals surface area contributed by atoms with E-state index in [0.29, 0.717) is 13.2 Å². The second-order valence-electron chi connectivity index (χ2n) is 7.78. The molecular formula is C22H24F2N4O2. The van der Waals surface area contributed by atoms with Crippen LogP contribution in [0.1, 0.15) is 24.1 Å². The van der Waals surface area contributed by atoms with E-state index >= 15 is 0 Å². The molecule has 0 unspecified atom stereocenters. The van der Waals surface area contributed by atoms with Crippen molar-refractivity contribution in [3.8, 4) is 5.75 Å². The largest absolute Gasteiger partial charge is 0.490 e. The molecule has 4 heterocycles. The van der Waals surface area contributed by atoms with E-state index in [0.717, 1.165) is 66.1 Å². The molecule has 2 aliphatic heterocycles. The van der Waals surface area contributed by atoms with Crippen molar-refractivity contribution in [1.82, 2.24) is 14.5 Å². The summed E-state index contributed by atoms with van der Waals surface area (Å²) in [6.07, 6.45) is 3.62. The van der Waals surface area contributed by atoms with Gasteiger partial charge in [-0.2, -0.15) is 0 Å². The van der Waals surface area contributed by atoms with Crippen molar-refractivity contribution in [2.45, 2.75) is 44.9 Å². The highest BCUT2D eigenvalue weighted by atomic mass is 19.3. The SMILES string of the molecule is FC(F)Cn1ccc2c(OC3CCN(c4ncnc5c4COCC5)CC3)cccc21. The van der Waals surface area contributed by atoms with E-state index in [9.17, 15) is 8.78 Å². The summed E-state index contributed by atoms with van der Waals surface area (Å²) in [4.78, 5) is 11.2. The quantitative estimate of drug-likeness (QED) is 0.635. The fourth-order valence-electron chi connectivity index (χ4n) is 4.39. The predicted octanol–water partition coefficient (Wildman–Crippen LogP) is 3.82. The highest BCUT2D eigenvalue weighted by molar-refractivity contribution is 5.86. The molecule has 0 saturated carbocycles. The number of nitrogens with zero attached hydrogens (tertiary/aromatic N) is 4. The van der Waals surface area contributed by atoms with Crippen LogP contribution in [0, 0.1) is 0 Å². The average molecular weight is 414 g/mol. The number of hydrogen-bond donors (Lipinski definition) is 0. The first kappa shape index (κ1) is 19.2. The van der Waals surface area contributed by atoms with Crippen molar-refractivity contribution in [1.29, 1.82) is 0 Å². The number of ether oxygens (including phenoxy) is 2. The zero-order valence-electron chi connectivity index (χ0n) is 16.6. The van der Waals surface area contributed by atoms with E-state index in [-0.39, 0.29) is 12.6 Å². The van der Waals surface area contributed by atoms with Crippen LogP contribution in [0.25, 0.3) is 10.9 Å². The van der Waals surface area contributed by atoms with Gasteiger partial charge in [0.25, 0.3) is 6.43 Å². The molecule has 0 bridgehead atoms. The lowest BCUT2D eigenvalue weighted by Crippen LogP contribution is -2.39. The third-order valence-corrected chi connectivity index (χ3v) is 5.89. The van der Waals surface area contributed by atoms with Gasteiger partial charge in [-0.1, -0.05) is 6.07 Å². The van der Waals surface area contributed by atoms with Gasteiger partial charge < -0.3 is 18.9 Å². The zero-order chi connectivity index (χ0) is 20.5. The summed E-state index contributed by atoms with van der Waals surface area (Å²) < 4.78 is 39.1. The summed E-state index contributed by atoms with van der Waals surface area (Å²) in [5.41, 5.74) is 2.97. The minimum absolute atomic E-state index is 0.0826. The average Bonchev–Trinajstić information content (AvgIpc) is 3.17. The van der Waals surface area contributed by atoms with Gasteiger partial charge in [0.15, 0.2) is 0 Å². The molecule has 1 fully saturated rings. The molecule has 0 N–H and O–H groups in total. The molecule has 2 aromatic heterocycles. The normalized spacial score (nSPS) is 17.5. The molecule has 0 amide bonds. The van der Waals surface area contributed by atoms with Crippen LogP contribution in [0.5, 0.6) is 5.75 Å². The number of hydrogen-bond acceptors (Lipinski definition) is 5. The highest BCUT2D eigenvalue weighted by Crippen LogP contribution is 2.31. The Morgan fingerprint density at radius 2 is 2.03 bits per heavy atom. The number of fused-ring (bicyclic) bond motifs is 2. The molecule has 1 saturated heterocycles. The summed E-state index contributed by atoms with van der Waals surface area (Å²) >= 11 is 0. The third kappa shape index (κ3) is 3.71. The monoisotopic (exact) mass is 414 g/mol. The van der Waals surface area contributed by atoms with Crippen LogP contribution in [0.3, 0.4) is 0 Å². The van der Waals surface area contributed by atoms with E-state index in [2.05, 4.69) is 14.9 Å². The van der Waals surface area contributed by atoms with Crippen molar-refractivity contribution in [2.24, 2.45) is 0 Å². The minimum atomic E-state index is -2.38. The van der Waals surface area contributed by atoms with Crippen molar-refractivity contribution < 1.29 is 18.3 Å². The summed E-state index contributed by atoms with van der Waals surface area (Å²) in [5.74, 6) is 1.73. The Labute approximate surface area is 173 Å². The summed E-state index contributed by atoms with van der Waals surface area (Å²) in [7, 11) is 0. The molecule has 0 radical (unpaired) electrons. The number of anilines is 1. The molecule has 0 spiro atoms. The Morgan fingerprint density at radius 1 is 1.17 bits per heavy atom. The number of piperidine rings is 1. The van der Waals surface area contributed by atoms with Gasteiger partial charge >= 0.3 is 0 Å². The summed E-state index contributed by atoms with van der Waals surface area (Å²) in [6.45, 7) is 2.66. The van der Waals surface area contributed by atoms with E-state index in [1.54, 1.807) is 17.1 Å². The van der Waals surface area contributed by atoms with Crippen LogP contribution >= 0.6 is 0 Å². The minimum Gasteiger partial charge on any atom is -0.490 e. The lowest BCUT2D eigenvalue weighted by molar-refractivity contribution is 0.109. The van der Waals surface area contributed by atoms with Crippen LogP contribution in [-0.4, -0.2) is 46.8 Å². The Bertz CT molecular complexity index is 1030. The van der Waals surface area contributed by atoms with Gasteiger partial charge in [0.05, 0.1) is 31.0 Å². The fourth-order valence-corrected chi connectivity index (χ4v) is 4.39. The molecule has 0 atom stereocenters. The van der Waals surface area contributed by atoms with Crippen molar-refractivity contribution in [2.75, 3.05) is 24.6 Å². The number of halogens is 2. The Morgan fingerprint density at radius 3 is 2.87 bits per heavy atom. The Hall–Kier alpha value is -2.74. The molecule has 0 aliphatic carbocycles. The van der Waals surface area contributed by atoms with E-state index < -0.39 is 6.43 Å². The van der Waals surface area contributed by atoms with E-state index in [1.165, 1.54) is 0 Å². The molecule has 3 aromatic rings. The molecule has 30 heavy (non-hydrogen) atoms. The maximum Gasteiger partial charge on any atom is 0.256 e. The molecule has 6 nitrogen and oxygen atoms in total. The fraction of sp³-hybridized carbons (Fsp3) is 0.455. The first-order valence-electron chi connectivity index (χ1n) is 10.4.